The van der Waals surface area contributed by atoms with Crippen molar-refractivity contribution in [2.45, 2.75) is 19.4 Å². The van der Waals surface area contributed by atoms with Crippen LogP contribution in [0.5, 0.6) is 0 Å². The number of halogens is 2. The minimum atomic E-state index is 0. The van der Waals surface area contributed by atoms with Gasteiger partial charge in [0, 0.05) is 11.4 Å². The van der Waals surface area contributed by atoms with Crippen molar-refractivity contribution >= 4 is 35.7 Å². The Labute approximate surface area is 108 Å². The highest BCUT2D eigenvalue weighted by molar-refractivity contribution is 5.85. The van der Waals surface area contributed by atoms with Crippen molar-refractivity contribution < 1.29 is 0 Å². The Morgan fingerprint density at radius 2 is 2.12 bits per heavy atom. The first-order valence-corrected chi connectivity index (χ1v) is 4.89. The van der Waals surface area contributed by atoms with Crippen LogP contribution in [0.2, 0.25) is 0 Å². The zero-order chi connectivity index (χ0) is 9.97. The van der Waals surface area contributed by atoms with Crippen molar-refractivity contribution in [2.75, 3.05) is 7.05 Å². The molecule has 2 aromatic rings. The van der Waals surface area contributed by atoms with Gasteiger partial charge in [-0.05, 0) is 38.1 Å². The average molecular weight is 262 g/mol. The van der Waals surface area contributed by atoms with E-state index in [1.165, 1.54) is 10.9 Å². The zero-order valence-electron chi connectivity index (χ0n) is 9.36. The van der Waals surface area contributed by atoms with E-state index < -0.39 is 0 Å². The van der Waals surface area contributed by atoms with Crippen LogP contribution in [0.4, 0.5) is 0 Å². The molecule has 3 nitrogen and oxygen atoms in total. The SMILES string of the molecule is CNC(C)Cc1ccc2[nH]ncc2c1.Cl.Cl. The van der Waals surface area contributed by atoms with Crippen molar-refractivity contribution in [1.82, 2.24) is 15.5 Å². The van der Waals surface area contributed by atoms with Crippen LogP contribution in [0.1, 0.15) is 12.5 Å². The summed E-state index contributed by atoms with van der Waals surface area (Å²) in [5.41, 5.74) is 2.45. The molecule has 1 atom stereocenters. The molecule has 1 unspecified atom stereocenters. The topological polar surface area (TPSA) is 40.7 Å². The number of likely N-dealkylation sites (N-methyl/N-ethyl adjacent to an activating group) is 1. The van der Waals surface area contributed by atoms with Gasteiger partial charge >= 0.3 is 0 Å². The lowest BCUT2D eigenvalue weighted by atomic mass is 10.1. The first kappa shape index (κ1) is 15.2. The lowest BCUT2D eigenvalue weighted by Gasteiger charge is -2.09. The lowest BCUT2D eigenvalue weighted by molar-refractivity contribution is 0.609. The van der Waals surface area contributed by atoms with E-state index in [4.69, 9.17) is 0 Å². The molecule has 0 radical (unpaired) electrons. The molecular weight excluding hydrogens is 245 g/mol. The first-order chi connectivity index (χ1) is 6.79. The second-order valence-corrected chi connectivity index (χ2v) is 3.69. The van der Waals surface area contributed by atoms with Gasteiger partial charge in [0.05, 0.1) is 11.7 Å². The molecule has 0 amide bonds. The molecule has 1 aromatic carbocycles. The summed E-state index contributed by atoms with van der Waals surface area (Å²) in [6, 6.07) is 6.93. The van der Waals surface area contributed by atoms with Crippen LogP contribution in [-0.2, 0) is 6.42 Å². The van der Waals surface area contributed by atoms with Crippen LogP contribution in [0.25, 0.3) is 10.9 Å². The number of nitrogens with one attached hydrogen (secondary N) is 2. The van der Waals surface area contributed by atoms with Crippen molar-refractivity contribution in [1.29, 1.82) is 0 Å². The fourth-order valence-electron chi connectivity index (χ4n) is 1.57. The summed E-state index contributed by atoms with van der Waals surface area (Å²) in [6.45, 7) is 2.18. The van der Waals surface area contributed by atoms with E-state index >= 15 is 0 Å². The molecule has 1 heterocycles. The molecule has 0 aliphatic carbocycles. The molecule has 16 heavy (non-hydrogen) atoms. The summed E-state index contributed by atoms with van der Waals surface area (Å²) in [6.07, 6.45) is 2.92. The van der Waals surface area contributed by atoms with E-state index in [0.717, 1.165) is 11.9 Å². The average Bonchev–Trinajstić information content (AvgIpc) is 2.64. The molecule has 0 aliphatic rings. The van der Waals surface area contributed by atoms with Gasteiger partial charge in [0.1, 0.15) is 0 Å². The van der Waals surface area contributed by atoms with E-state index in [1.54, 1.807) is 0 Å². The third-order valence-corrected chi connectivity index (χ3v) is 2.54. The van der Waals surface area contributed by atoms with Gasteiger partial charge in [0.25, 0.3) is 0 Å². The van der Waals surface area contributed by atoms with Crippen LogP contribution < -0.4 is 5.32 Å². The minimum absolute atomic E-state index is 0. The van der Waals surface area contributed by atoms with Crippen LogP contribution in [0.15, 0.2) is 24.4 Å². The standard InChI is InChI=1S/C11H15N3.2ClH/c1-8(12-2)5-9-3-4-11-10(6-9)7-13-14-11;;/h3-4,6-8,12H,5H2,1-2H3,(H,13,14);2*1H. The summed E-state index contributed by atoms with van der Waals surface area (Å²) in [4.78, 5) is 0. The second kappa shape index (κ2) is 6.74. The van der Waals surface area contributed by atoms with E-state index in [0.29, 0.717) is 6.04 Å². The molecule has 0 bridgehead atoms. The monoisotopic (exact) mass is 261 g/mol. The van der Waals surface area contributed by atoms with Crippen molar-refractivity contribution in [3.05, 3.63) is 30.0 Å². The Balaban J connectivity index is 0.00000112. The van der Waals surface area contributed by atoms with Crippen molar-refractivity contribution in [3.63, 3.8) is 0 Å². The first-order valence-electron chi connectivity index (χ1n) is 4.89. The van der Waals surface area contributed by atoms with Crippen LogP contribution in [0, 0.1) is 0 Å². The Morgan fingerprint density at radius 1 is 1.38 bits per heavy atom. The van der Waals surface area contributed by atoms with Gasteiger partial charge in [-0.2, -0.15) is 5.10 Å². The van der Waals surface area contributed by atoms with Gasteiger partial charge in [0.15, 0.2) is 0 Å². The quantitative estimate of drug-likeness (QED) is 0.892. The molecule has 5 heteroatoms. The fraction of sp³-hybridized carbons (Fsp3) is 0.364. The summed E-state index contributed by atoms with van der Waals surface area (Å²) < 4.78 is 0. The summed E-state index contributed by atoms with van der Waals surface area (Å²) >= 11 is 0. The highest BCUT2D eigenvalue weighted by Crippen LogP contribution is 2.13. The van der Waals surface area contributed by atoms with Crippen LogP contribution >= 0.6 is 24.8 Å². The maximum atomic E-state index is 4.00. The van der Waals surface area contributed by atoms with E-state index in [2.05, 4.69) is 40.6 Å². The minimum Gasteiger partial charge on any atom is -0.317 e. The highest BCUT2D eigenvalue weighted by atomic mass is 35.5. The predicted octanol–water partition coefficient (Wildman–Crippen LogP) is 2.56. The van der Waals surface area contributed by atoms with Gasteiger partial charge < -0.3 is 5.32 Å². The molecule has 90 valence electrons. The summed E-state index contributed by atoms with van der Waals surface area (Å²) in [5, 5.41) is 11.4. The lowest BCUT2D eigenvalue weighted by Crippen LogP contribution is -2.23. The van der Waals surface area contributed by atoms with Gasteiger partial charge in [-0.1, -0.05) is 6.07 Å². The number of H-pyrrole nitrogens is 1. The highest BCUT2D eigenvalue weighted by Gasteiger charge is 2.02. The molecule has 0 aliphatic heterocycles. The molecule has 0 saturated carbocycles. The number of aromatic amines is 1. The van der Waals surface area contributed by atoms with E-state index in [9.17, 15) is 0 Å². The Morgan fingerprint density at radius 3 is 2.81 bits per heavy atom. The smallest absolute Gasteiger partial charge is 0.0650 e. The number of nitrogens with zero attached hydrogens (tertiary/aromatic N) is 1. The number of aromatic nitrogens is 2. The Kier molecular flexibility index (Phi) is 6.41. The van der Waals surface area contributed by atoms with Crippen molar-refractivity contribution in [2.24, 2.45) is 0 Å². The van der Waals surface area contributed by atoms with Crippen LogP contribution in [0.3, 0.4) is 0 Å². The number of hydrogen-bond acceptors (Lipinski definition) is 2. The molecular formula is C11H17Cl2N3. The number of benzene rings is 1. The number of fused-ring (bicyclic) bond motifs is 1. The van der Waals surface area contributed by atoms with Crippen LogP contribution in [-0.4, -0.2) is 23.3 Å². The normalized spacial score (nSPS) is 11.6. The third kappa shape index (κ3) is 3.37. The molecule has 2 rings (SSSR count). The van der Waals surface area contributed by atoms with Gasteiger partial charge in [-0.15, -0.1) is 24.8 Å². The number of hydrogen-bond donors (Lipinski definition) is 2. The largest absolute Gasteiger partial charge is 0.317 e. The number of rotatable bonds is 3. The second-order valence-electron chi connectivity index (χ2n) is 3.69. The maximum Gasteiger partial charge on any atom is 0.0650 e. The van der Waals surface area contributed by atoms with Gasteiger partial charge in [-0.3, -0.25) is 5.10 Å². The third-order valence-electron chi connectivity index (χ3n) is 2.54. The van der Waals surface area contributed by atoms with E-state index in [1.807, 2.05) is 13.2 Å². The summed E-state index contributed by atoms with van der Waals surface area (Å²) in [5.74, 6) is 0. The molecule has 1 aromatic heterocycles. The van der Waals surface area contributed by atoms with Gasteiger partial charge in [-0.25, -0.2) is 0 Å². The summed E-state index contributed by atoms with van der Waals surface area (Å²) in [7, 11) is 1.99. The van der Waals surface area contributed by atoms with Gasteiger partial charge in [0.2, 0.25) is 0 Å². The zero-order valence-corrected chi connectivity index (χ0v) is 11.0. The molecule has 0 fully saturated rings. The van der Waals surface area contributed by atoms with Crippen molar-refractivity contribution in [3.8, 4) is 0 Å². The fourth-order valence-corrected chi connectivity index (χ4v) is 1.57. The molecule has 0 saturated heterocycles. The maximum absolute atomic E-state index is 4.00. The molecule has 0 spiro atoms. The van der Waals surface area contributed by atoms with E-state index in [-0.39, 0.29) is 24.8 Å². The Bertz CT molecular complexity index is 428. The molecule has 2 N–H and O–H groups in total. The predicted molar refractivity (Wildman–Crippen MR) is 72.8 cm³/mol. The Hall–Kier alpha value is -0.770.